The van der Waals surface area contributed by atoms with Crippen LogP contribution in [0.1, 0.15) is 82.2 Å². The fourth-order valence-electron chi connectivity index (χ4n) is 7.47. The van der Waals surface area contributed by atoms with Crippen molar-refractivity contribution in [3.63, 3.8) is 0 Å². The molecule has 256 valence electrons. The minimum atomic E-state index is -4.01. The SMILES string of the molecule is Nc1cc(N2CCN(CCCP(=O)(O)O)C(c3ccccc3)C2)nc(NCC2CCC(CNCCCNC3CCCCC3)CC2)n1. The summed E-state index contributed by atoms with van der Waals surface area (Å²) >= 11 is 0. The zero-order valence-corrected chi connectivity index (χ0v) is 28.4. The number of aromatic nitrogens is 2. The molecule has 3 fully saturated rings. The summed E-state index contributed by atoms with van der Waals surface area (Å²) in [6.45, 7) is 7.09. The summed E-state index contributed by atoms with van der Waals surface area (Å²) < 4.78 is 11.4. The molecule has 2 saturated carbocycles. The van der Waals surface area contributed by atoms with Crippen LogP contribution in [0.3, 0.4) is 0 Å². The molecule has 2 heterocycles. The van der Waals surface area contributed by atoms with E-state index in [-0.39, 0.29) is 12.2 Å². The number of rotatable bonds is 16. The molecule has 11 nitrogen and oxygen atoms in total. The summed E-state index contributed by atoms with van der Waals surface area (Å²) in [7, 11) is -4.01. The van der Waals surface area contributed by atoms with Gasteiger partial charge in [0.2, 0.25) is 5.95 Å². The molecule has 0 bridgehead atoms. The first-order chi connectivity index (χ1) is 22.3. The lowest BCUT2D eigenvalue weighted by Crippen LogP contribution is -2.49. The number of nitrogens with zero attached hydrogens (tertiary/aromatic N) is 4. The Kier molecular flexibility index (Phi) is 13.5. The molecule has 2 aromatic rings. The molecular weight excluding hydrogens is 599 g/mol. The largest absolute Gasteiger partial charge is 0.383 e. The first-order valence-electron chi connectivity index (χ1n) is 17.7. The van der Waals surface area contributed by atoms with Crippen LogP contribution in [-0.4, -0.2) is 89.2 Å². The monoisotopic (exact) mass is 656 g/mol. The number of anilines is 3. The second-order valence-electron chi connectivity index (χ2n) is 13.7. The lowest BCUT2D eigenvalue weighted by atomic mass is 9.82. The van der Waals surface area contributed by atoms with Gasteiger partial charge in [-0.15, -0.1) is 0 Å². The molecule has 1 saturated heterocycles. The van der Waals surface area contributed by atoms with Crippen molar-refractivity contribution in [1.29, 1.82) is 0 Å². The predicted molar refractivity (Wildman–Crippen MR) is 187 cm³/mol. The van der Waals surface area contributed by atoms with Crippen LogP contribution in [-0.2, 0) is 4.57 Å². The highest BCUT2D eigenvalue weighted by atomic mass is 31.2. The summed E-state index contributed by atoms with van der Waals surface area (Å²) in [5.74, 6) is 3.24. The Morgan fingerprint density at radius 3 is 2.37 bits per heavy atom. The summed E-state index contributed by atoms with van der Waals surface area (Å²) in [5, 5.41) is 11.0. The summed E-state index contributed by atoms with van der Waals surface area (Å²) in [6.07, 6.45) is 13.5. The molecule has 12 heteroatoms. The van der Waals surface area contributed by atoms with Gasteiger partial charge in [0.1, 0.15) is 11.6 Å². The number of hydrogen-bond acceptors (Lipinski definition) is 9. The summed E-state index contributed by atoms with van der Waals surface area (Å²) in [5.41, 5.74) is 7.46. The molecule has 7 N–H and O–H groups in total. The smallest absolute Gasteiger partial charge is 0.325 e. The molecule has 1 aromatic carbocycles. The highest BCUT2D eigenvalue weighted by Crippen LogP contribution is 2.36. The Hall–Kier alpha value is -2.27. The van der Waals surface area contributed by atoms with E-state index in [1.165, 1.54) is 69.8 Å². The number of nitrogens with two attached hydrogens (primary N) is 1. The highest BCUT2D eigenvalue weighted by molar-refractivity contribution is 7.51. The molecule has 2 aliphatic carbocycles. The van der Waals surface area contributed by atoms with Gasteiger partial charge in [-0.05, 0) is 94.9 Å². The fourth-order valence-corrected chi connectivity index (χ4v) is 8.02. The van der Waals surface area contributed by atoms with Gasteiger partial charge in [-0.1, -0.05) is 49.6 Å². The standard InChI is InChI=1S/C34H57N8O3P/c35-32-23-33(42-21-20-41(19-8-22-46(43,44)45)31(26-42)29-9-3-1-4-10-29)40-34(39-32)38-25-28-15-13-27(14-16-28)24-36-17-7-18-37-30-11-5-2-6-12-30/h1,3-4,9-10,23,27-28,30-31,36-37H,2,5-8,11-22,24-26H2,(H2,43,44,45)(H3,35,38,39,40). The second-order valence-corrected chi connectivity index (χ2v) is 15.5. The topological polar surface area (TPSA) is 152 Å². The molecule has 5 rings (SSSR count). The van der Waals surface area contributed by atoms with Crippen molar-refractivity contribution in [2.75, 3.05) is 74.5 Å². The Labute approximate surface area is 275 Å². The molecule has 0 radical (unpaired) electrons. The lowest BCUT2D eigenvalue weighted by molar-refractivity contribution is 0.177. The van der Waals surface area contributed by atoms with Gasteiger partial charge in [0.05, 0.1) is 12.2 Å². The number of piperazine rings is 1. The highest BCUT2D eigenvalue weighted by Gasteiger charge is 2.30. The van der Waals surface area contributed by atoms with Crippen LogP contribution >= 0.6 is 7.60 Å². The third-order valence-corrected chi connectivity index (χ3v) is 11.0. The Balaban J connectivity index is 1.05. The summed E-state index contributed by atoms with van der Waals surface area (Å²) in [4.78, 5) is 32.7. The van der Waals surface area contributed by atoms with Crippen molar-refractivity contribution in [3.05, 3.63) is 42.0 Å². The lowest BCUT2D eigenvalue weighted by Gasteiger charge is -2.42. The van der Waals surface area contributed by atoms with Crippen LogP contribution < -0.4 is 26.6 Å². The predicted octanol–water partition coefficient (Wildman–Crippen LogP) is 4.61. The average molecular weight is 657 g/mol. The van der Waals surface area contributed by atoms with Gasteiger partial charge in [-0.2, -0.15) is 9.97 Å². The van der Waals surface area contributed by atoms with Gasteiger partial charge in [-0.3, -0.25) is 9.46 Å². The summed E-state index contributed by atoms with van der Waals surface area (Å²) in [6, 6.07) is 13.0. The van der Waals surface area contributed by atoms with Crippen LogP contribution in [0.4, 0.5) is 17.6 Å². The number of nitrogen functional groups attached to an aromatic ring is 1. The van der Waals surface area contributed by atoms with Crippen molar-refractivity contribution in [2.24, 2.45) is 11.8 Å². The van der Waals surface area contributed by atoms with Crippen LogP contribution in [0.2, 0.25) is 0 Å². The second kappa shape index (κ2) is 17.8. The van der Waals surface area contributed by atoms with Crippen molar-refractivity contribution in [1.82, 2.24) is 25.5 Å². The van der Waals surface area contributed by atoms with Crippen molar-refractivity contribution >= 4 is 25.2 Å². The maximum atomic E-state index is 11.4. The van der Waals surface area contributed by atoms with Gasteiger partial charge >= 0.3 is 7.60 Å². The Morgan fingerprint density at radius 2 is 1.63 bits per heavy atom. The zero-order chi connectivity index (χ0) is 32.2. The van der Waals surface area contributed by atoms with Crippen molar-refractivity contribution in [3.8, 4) is 0 Å². The molecule has 3 aliphatic rings. The van der Waals surface area contributed by atoms with Crippen LogP contribution in [0.5, 0.6) is 0 Å². The normalized spacial score (nSPS) is 23.4. The third-order valence-electron chi connectivity index (χ3n) is 10.1. The van der Waals surface area contributed by atoms with Gasteiger partial charge in [0.15, 0.2) is 0 Å². The van der Waals surface area contributed by atoms with E-state index < -0.39 is 7.60 Å². The number of hydrogen-bond donors (Lipinski definition) is 6. The van der Waals surface area contributed by atoms with Crippen LogP contribution in [0, 0.1) is 11.8 Å². The van der Waals surface area contributed by atoms with Crippen LogP contribution in [0.25, 0.3) is 0 Å². The van der Waals surface area contributed by atoms with Crippen molar-refractivity contribution < 1.29 is 14.4 Å². The third kappa shape index (κ3) is 11.5. The van der Waals surface area contributed by atoms with E-state index >= 15 is 0 Å². The molecule has 0 amide bonds. The van der Waals surface area contributed by atoms with E-state index in [0.29, 0.717) is 37.2 Å². The first kappa shape index (κ1) is 35.0. The van der Waals surface area contributed by atoms with E-state index in [0.717, 1.165) is 57.0 Å². The van der Waals surface area contributed by atoms with Gasteiger partial charge < -0.3 is 36.4 Å². The molecule has 1 aliphatic heterocycles. The number of nitrogens with one attached hydrogen (secondary N) is 3. The van der Waals surface area contributed by atoms with Gasteiger partial charge in [0.25, 0.3) is 0 Å². The maximum Gasteiger partial charge on any atom is 0.325 e. The number of benzene rings is 1. The molecule has 0 spiro atoms. The van der Waals surface area contributed by atoms with Gasteiger partial charge in [0, 0.05) is 38.3 Å². The van der Waals surface area contributed by atoms with E-state index in [4.69, 9.17) is 10.7 Å². The van der Waals surface area contributed by atoms with Crippen molar-refractivity contribution in [2.45, 2.75) is 82.7 Å². The Bertz CT molecular complexity index is 1220. The van der Waals surface area contributed by atoms with E-state index in [1.54, 1.807) is 0 Å². The quantitative estimate of drug-likeness (QED) is 0.111. The fraction of sp³-hybridized carbons (Fsp3) is 0.706. The Morgan fingerprint density at radius 1 is 0.891 bits per heavy atom. The van der Waals surface area contributed by atoms with E-state index in [9.17, 15) is 14.4 Å². The molecular formula is C34H57N8O3P. The molecule has 46 heavy (non-hydrogen) atoms. The minimum Gasteiger partial charge on any atom is -0.383 e. The van der Waals surface area contributed by atoms with Gasteiger partial charge in [-0.25, -0.2) is 0 Å². The van der Waals surface area contributed by atoms with E-state index in [2.05, 4.69) is 42.9 Å². The van der Waals surface area contributed by atoms with Crippen LogP contribution in [0.15, 0.2) is 36.4 Å². The molecule has 1 atom stereocenters. The van der Waals surface area contributed by atoms with E-state index in [1.807, 2.05) is 24.3 Å². The first-order valence-corrected chi connectivity index (χ1v) is 19.5. The molecule has 1 unspecified atom stereocenters. The molecule has 1 aromatic heterocycles. The minimum absolute atomic E-state index is 0.0854. The zero-order valence-electron chi connectivity index (χ0n) is 27.5. The average Bonchev–Trinajstić information content (AvgIpc) is 3.06. The maximum absolute atomic E-state index is 11.4.